The van der Waals surface area contributed by atoms with E-state index >= 15 is 0 Å². The summed E-state index contributed by atoms with van der Waals surface area (Å²) in [5, 5.41) is 6.61. The molecule has 1 unspecified atom stereocenters. The van der Waals surface area contributed by atoms with Crippen molar-refractivity contribution >= 4 is 21.8 Å². The molecule has 0 radical (unpaired) electrons. The van der Waals surface area contributed by atoms with Gasteiger partial charge in [-0.25, -0.2) is 0 Å². The molecule has 2 aromatic rings. The molecular formula is C14H15BrN2O2. The van der Waals surface area contributed by atoms with Crippen molar-refractivity contribution in [1.82, 2.24) is 10.5 Å². The Balaban J connectivity index is 1.81. The Morgan fingerprint density at radius 2 is 2.11 bits per heavy atom. The Hall–Kier alpha value is -1.62. The number of carbonyl (C=O) groups excluding carboxylic acids is 1. The van der Waals surface area contributed by atoms with E-state index in [9.17, 15) is 4.79 Å². The Morgan fingerprint density at radius 3 is 2.74 bits per heavy atom. The van der Waals surface area contributed by atoms with E-state index in [1.165, 1.54) is 11.8 Å². The molecule has 0 bridgehead atoms. The third kappa shape index (κ3) is 4.21. The Kier molecular flexibility index (Phi) is 4.74. The fraction of sp³-hybridized carbons (Fsp3) is 0.286. The summed E-state index contributed by atoms with van der Waals surface area (Å²) in [5.41, 5.74) is 1.85. The van der Waals surface area contributed by atoms with E-state index in [1.54, 1.807) is 6.07 Å². The summed E-state index contributed by atoms with van der Waals surface area (Å²) in [6.45, 7) is 2.69. The second kappa shape index (κ2) is 6.52. The highest BCUT2D eigenvalue weighted by Gasteiger charge is 2.09. The summed E-state index contributed by atoms with van der Waals surface area (Å²) in [5.74, 6) is 0.229. The van der Waals surface area contributed by atoms with Crippen LogP contribution >= 0.6 is 15.9 Å². The number of amides is 1. The van der Waals surface area contributed by atoms with Gasteiger partial charge in [0.25, 0.3) is 0 Å². The first kappa shape index (κ1) is 13.8. The zero-order valence-electron chi connectivity index (χ0n) is 10.6. The topological polar surface area (TPSA) is 55.1 Å². The number of hydrogen-bond donors (Lipinski definition) is 1. The highest BCUT2D eigenvalue weighted by atomic mass is 79.9. The zero-order valence-corrected chi connectivity index (χ0v) is 12.2. The van der Waals surface area contributed by atoms with E-state index in [4.69, 9.17) is 0 Å². The van der Waals surface area contributed by atoms with Crippen molar-refractivity contribution in [3.05, 3.63) is 52.3 Å². The lowest BCUT2D eigenvalue weighted by Crippen LogP contribution is -2.28. The smallest absolute Gasteiger partial charge is 0.226 e. The van der Waals surface area contributed by atoms with Gasteiger partial charge in [0, 0.05) is 17.1 Å². The van der Waals surface area contributed by atoms with E-state index in [1.807, 2.05) is 12.1 Å². The van der Waals surface area contributed by atoms with Crippen molar-refractivity contribution in [3.63, 3.8) is 0 Å². The second-order valence-corrected chi connectivity index (χ2v) is 5.34. The van der Waals surface area contributed by atoms with Crippen LogP contribution in [-0.2, 0) is 11.2 Å². The molecule has 0 saturated carbocycles. The maximum Gasteiger partial charge on any atom is 0.226 e. The lowest BCUT2D eigenvalue weighted by molar-refractivity contribution is -0.120. The van der Waals surface area contributed by atoms with Crippen molar-refractivity contribution in [3.8, 4) is 0 Å². The molecule has 2 rings (SSSR count). The average Bonchev–Trinajstić information content (AvgIpc) is 2.89. The van der Waals surface area contributed by atoms with Crippen molar-refractivity contribution in [2.45, 2.75) is 19.3 Å². The van der Waals surface area contributed by atoms with E-state index in [-0.39, 0.29) is 18.2 Å². The molecule has 1 atom stereocenters. The molecule has 4 nitrogen and oxygen atoms in total. The van der Waals surface area contributed by atoms with Gasteiger partial charge >= 0.3 is 0 Å². The van der Waals surface area contributed by atoms with Gasteiger partial charge < -0.3 is 9.84 Å². The van der Waals surface area contributed by atoms with Crippen LogP contribution in [0.4, 0.5) is 0 Å². The summed E-state index contributed by atoms with van der Waals surface area (Å²) in [4.78, 5) is 11.7. The molecule has 1 aromatic heterocycles. The number of rotatable bonds is 5. The zero-order chi connectivity index (χ0) is 13.7. The molecular weight excluding hydrogens is 308 g/mol. The van der Waals surface area contributed by atoms with Crippen molar-refractivity contribution in [1.29, 1.82) is 0 Å². The summed E-state index contributed by atoms with van der Waals surface area (Å²) < 4.78 is 5.74. The normalized spacial score (nSPS) is 12.1. The van der Waals surface area contributed by atoms with E-state index < -0.39 is 0 Å². The maximum atomic E-state index is 11.7. The van der Waals surface area contributed by atoms with Crippen LogP contribution in [0, 0.1) is 0 Å². The first-order valence-corrected chi connectivity index (χ1v) is 6.86. The van der Waals surface area contributed by atoms with Gasteiger partial charge in [-0.15, -0.1) is 0 Å². The van der Waals surface area contributed by atoms with Gasteiger partial charge in [0.2, 0.25) is 5.91 Å². The molecule has 0 aliphatic carbocycles. The largest absolute Gasteiger partial charge is 0.364 e. The van der Waals surface area contributed by atoms with Crippen LogP contribution < -0.4 is 5.32 Å². The van der Waals surface area contributed by atoms with Gasteiger partial charge in [0.15, 0.2) is 0 Å². The minimum absolute atomic E-state index is 0.0436. The number of nitrogens with one attached hydrogen (secondary N) is 1. The summed E-state index contributed by atoms with van der Waals surface area (Å²) in [7, 11) is 0. The van der Waals surface area contributed by atoms with Gasteiger partial charge in [0.1, 0.15) is 6.26 Å². The Morgan fingerprint density at radius 1 is 1.37 bits per heavy atom. The molecule has 0 aliphatic heterocycles. The highest BCUT2D eigenvalue weighted by molar-refractivity contribution is 9.10. The fourth-order valence-corrected chi connectivity index (χ4v) is 2.00. The predicted octanol–water partition coefficient (Wildman–Crippen LogP) is 2.90. The molecule has 0 saturated heterocycles. The highest BCUT2D eigenvalue weighted by Crippen LogP contribution is 2.17. The van der Waals surface area contributed by atoms with Crippen LogP contribution in [-0.4, -0.2) is 17.6 Å². The van der Waals surface area contributed by atoms with Crippen molar-refractivity contribution < 1.29 is 9.32 Å². The number of aromatic nitrogens is 1. The third-order valence-corrected chi connectivity index (χ3v) is 3.41. The molecule has 0 fully saturated rings. The molecule has 1 amide bonds. The molecule has 5 heteroatoms. The van der Waals surface area contributed by atoms with Crippen LogP contribution in [0.5, 0.6) is 0 Å². The molecule has 100 valence electrons. The second-order valence-electron chi connectivity index (χ2n) is 4.42. The first-order valence-electron chi connectivity index (χ1n) is 6.06. The number of carbonyl (C=O) groups is 1. The van der Waals surface area contributed by atoms with Gasteiger partial charge in [0.05, 0.1) is 12.1 Å². The van der Waals surface area contributed by atoms with Gasteiger partial charge in [-0.3, -0.25) is 4.79 Å². The van der Waals surface area contributed by atoms with Gasteiger partial charge in [-0.2, -0.15) is 0 Å². The standard InChI is InChI=1S/C14H15BrN2O2/c1-10(11-2-4-12(15)5-3-11)9-16-14(18)8-13-6-7-19-17-13/h2-7,10H,8-9H2,1H3,(H,16,18). The number of benzene rings is 1. The monoisotopic (exact) mass is 322 g/mol. The number of halogens is 1. The molecule has 1 aromatic carbocycles. The summed E-state index contributed by atoms with van der Waals surface area (Å²) in [6, 6.07) is 9.81. The van der Waals surface area contributed by atoms with Crippen LogP contribution in [0.3, 0.4) is 0 Å². The fourth-order valence-electron chi connectivity index (χ4n) is 1.73. The molecule has 0 spiro atoms. The minimum Gasteiger partial charge on any atom is -0.364 e. The summed E-state index contributed by atoms with van der Waals surface area (Å²) in [6.07, 6.45) is 1.72. The average molecular weight is 323 g/mol. The van der Waals surface area contributed by atoms with Gasteiger partial charge in [-0.05, 0) is 23.6 Å². The first-order chi connectivity index (χ1) is 9.15. The van der Waals surface area contributed by atoms with Crippen LogP contribution in [0.25, 0.3) is 0 Å². The van der Waals surface area contributed by atoms with Crippen molar-refractivity contribution in [2.75, 3.05) is 6.54 Å². The lowest BCUT2D eigenvalue weighted by Gasteiger charge is -2.13. The Labute approximate surface area is 120 Å². The van der Waals surface area contributed by atoms with Crippen LogP contribution in [0.2, 0.25) is 0 Å². The van der Waals surface area contributed by atoms with E-state index in [0.717, 1.165) is 4.47 Å². The quantitative estimate of drug-likeness (QED) is 0.920. The number of nitrogens with zero attached hydrogens (tertiary/aromatic N) is 1. The predicted molar refractivity (Wildman–Crippen MR) is 75.8 cm³/mol. The maximum absolute atomic E-state index is 11.7. The van der Waals surface area contributed by atoms with Crippen LogP contribution in [0.15, 0.2) is 45.6 Å². The SMILES string of the molecule is CC(CNC(=O)Cc1ccon1)c1ccc(Br)cc1. The van der Waals surface area contributed by atoms with Crippen LogP contribution in [0.1, 0.15) is 24.1 Å². The van der Waals surface area contributed by atoms with E-state index in [0.29, 0.717) is 12.2 Å². The molecule has 19 heavy (non-hydrogen) atoms. The summed E-state index contributed by atoms with van der Waals surface area (Å²) >= 11 is 3.40. The van der Waals surface area contributed by atoms with Gasteiger partial charge in [-0.1, -0.05) is 40.1 Å². The number of hydrogen-bond acceptors (Lipinski definition) is 3. The third-order valence-electron chi connectivity index (χ3n) is 2.88. The molecule has 0 aliphatic rings. The van der Waals surface area contributed by atoms with Crippen molar-refractivity contribution in [2.24, 2.45) is 0 Å². The minimum atomic E-state index is -0.0436. The molecule has 1 heterocycles. The molecule has 1 N–H and O–H groups in total. The van der Waals surface area contributed by atoms with E-state index in [2.05, 4.69) is 50.0 Å². The Bertz CT molecular complexity index is 523. The lowest BCUT2D eigenvalue weighted by atomic mass is 10.0.